The van der Waals surface area contributed by atoms with E-state index in [2.05, 4.69) is 16.9 Å². The van der Waals surface area contributed by atoms with Crippen LogP contribution >= 0.6 is 11.8 Å². The molecule has 0 fully saturated rings. The molecule has 0 spiro atoms. The fourth-order valence-corrected chi connectivity index (χ4v) is 3.10. The predicted octanol–water partition coefficient (Wildman–Crippen LogP) is 1.83. The SMILES string of the molecule is C=CCNC(=O)[C@H](C)Sc1nc2ccccc2c(=O)n1CCOC. The smallest absolute Gasteiger partial charge is 0.262 e. The van der Waals surface area contributed by atoms with Crippen LogP contribution in [0.15, 0.2) is 46.9 Å². The van der Waals surface area contributed by atoms with Gasteiger partial charge < -0.3 is 10.1 Å². The van der Waals surface area contributed by atoms with Crippen LogP contribution in [0.2, 0.25) is 0 Å². The zero-order chi connectivity index (χ0) is 17.5. The molecule has 1 N–H and O–H groups in total. The van der Waals surface area contributed by atoms with Gasteiger partial charge in [0, 0.05) is 13.7 Å². The third kappa shape index (κ3) is 4.24. The van der Waals surface area contributed by atoms with E-state index in [4.69, 9.17) is 4.74 Å². The molecule has 0 radical (unpaired) electrons. The Morgan fingerprint density at radius 2 is 2.25 bits per heavy atom. The minimum atomic E-state index is -0.383. The number of aromatic nitrogens is 2. The highest BCUT2D eigenvalue weighted by Crippen LogP contribution is 2.22. The second-order valence-electron chi connectivity index (χ2n) is 5.16. The number of carbonyl (C=O) groups excluding carboxylic acids is 1. The largest absolute Gasteiger partial charge is 0.383 e. The second-order valence-corrected chi connectivity index (χ2v) is 6.46. The van der Waals surface area contributed by atoms with Crippen LogP contribution < -0.4 is 10.9 Å². The van der Waals surface area contributed by atoms with Crippen molar-refractivity contribution in [1.29, 1.82) is 0 Å². The van der Waals surface area contributed by atoms with Crippen molar-refractivity contribution in [1.82, 2.24) is 14.9 Å². The monoisotopic (exact) mass is 347 g/mol. The van der Waals surface area contributed by atoms with Crippen molar-refractivity contribution in [3.05, 3.63) is 47.3 Å². The lowest BCUT2D eigenvalue weighted by molar-refractivity contribution is -0.120. The van der Waals surface area contributed by atoms with Gasteiger partial charge in [-0.15, -0.1) is 6.58 Å². The van der Waals surface area contributed by atoms with Crippen molar-refractivity contribution in [2.75, 3.05) is 20.3 Å². The van der Waals surface area contributed by atoms with Crippen molar-refractivity contribution in [2.24, 2.45) is 0 Å². The summed E-state index contributed by atoms with van der Waals surface area (Å²) in [4.78, 5) is 29.3. The normalized spacial score (nSPS) is 12.1. The van der Waals surface area contributed by atoms with E-state index >= 15 is 0 Å². The van der Waals surface area contributed by atoms with Crippen LogP contribution in [0, 0.1) is 0 Å². The van der Waals surface area contributed by atoms with Gasteiger partial charge in [-0.1, -0.05) is 30.0 Å². The summed E-state index contributed by atoms with van der Waals surface area (Å²) in [5.74, 6) is -0.124. The molecule has 1 aromatic carbocycles. The Hall–Kier alpha value is -2.12. The number of nitrogens with zero attached hydrogens (tertiary/aromatic N) is 2. The number of methoxy groups -OCH3 is 1. The number of ether oxygens (including phenoxy) is 1. The molecule has 1 heterocycles. The van der Waals surface area contributed by atoms with Gasteiger partial charge in [-0.05, 0) is 19.1 Å². The van der Waals surface area contributed by atoms with E-state index in [-0.39, 0.29) is 16.7 Å². The fraction of sp³-hybridized carbons (Fsp3) is 0.353. The molecule has 7 heteroatoms. The Balaban J connectivity index is 2.37. The minimum absolute atomic E-state index is 0.124. The van der Waals surface area contributed by atoms with Crippen LogP contribution in [-0.2, 0) is 16.1 Å². The summed E-state index contributed by atoms with van der Waals surface area (Å²) >= 11 is 1.26. The highest BCUT2D eigenvalue weighted by atomic mass is 32.2. The quantitative estimate of drug-likeness (QED) is 0.448. The molecule has 6 nitrogen and oxygen atoms in total. The van der Waals surface area contributed by atoms with Crippen LogP contribution in [0.4, 0.5) is 0 Å². The summed E-state index contributed by atoms with van der Waals surface area (Å²) in [5.41, 5.74) is 0.496. The van der Waals surface area contributed by atoms with Crippen molar-refractivity contribution in [3.63, 3.8) is 0 Å². The maximum atomic E-state index is 12.7. The summed E-state index contributed by atoms with van der Waals surface area (Å²) in [6.07, 6.45) is 1.62. The Labute approximate surface area is 144 Å². The summed E-state index contributed by atoms with van der Waals surface area (Å²) < 4.78 is 6.65. The Morgan fingerprint density at radius 3 is 2.96 bits per heavy atom. The third-order valence-corrected chi connectivity index (χ3v) is 4.51. The molecule has 1 aromatic heterocycles. The molecule has 128 valence electrons. The van der Waals surface area contributed by atoms with E-state index in [1.54, 1.807) is 36.8 Å². The maximum absolute atomic E-state index is 12.7. The number of para-hydroxylation sites is 1. The highest BCUT2D eigenvalue weighted by Gasteiger charge is 2.18. The first-order valence-electron chi connectivity index (χ1n) is 7.62. The molecule has 1 amide bonds. The average Bonchev–Trinajstić information content (AvgIpc) is 2.59. The van der Waals surface area contributed by atoms with Gasteiger partial charge in [-0.25, -0.2) is 4.98 Å². The number of nitrogens with one attached hydrogen (secondary N) is 1. The molecule has 0 aliphatic rings. The predicted molar refractivity (Wildman–Crippen MR) is 96.4 cm³/mol. The first kappa shape index (κ1) is 18.2. The molecular weight excluding hydrogens is 326 g/mol. The molecule has 2 rings (SSSR count). The van der Waals surface area contributed by atoms with E-state index < -0.39 is 0 Å². The van der Waals surface area contributed by atoms with Crippen LogP contribution in [0.3, 0.4) is 0 Å². The Morgan fingerprint density at radius 1 is 1.50 bits per heavy atom. The van der Waals surface area contributed by atoms with Crippen molar-refractivity contribution in [3.8, 4) is 0 Å². The minimum Gasteiger partial charge on any atom is -0.383 e. The third-order valence-electron chi connectivity index (χ3n) is 3.42. The van der Waals surface area contributed by atoms with Gasteiger partial charge in [0.05, 0.1) is 29.3 Å². The van der Waals surface area contributed by atoms with E-state index in [9.17, 15) is 9.59 Å². The first-order chi connectivity index (χ1) is 11.6. The summed E-state index contributed by atoms with van der Waals surface area (Å²) in [7, 11) is 1.58. The van der Waals surface area contributed by atoms with Crippen molar-refractivity contribution < 1.29 is 9.53 Å². The highest BCUT2D eigenvalue weighted by molar-refractivity contribution is 8.00. The van der Waals surface area contributed by atoms with Gasteiger partial charge >= 0.3 is 0 Å². The number of rotatable bonds is 8. The molecule has 1 atom stereocenters. The summed E-state index contributed by atoms with van der Waals surface area (Å²) in [6.45, 7) is 6.55. The van der Waals surface area contributed by atoms with Gasteiger partial charge in [0.2, 0.25) is 5.91 Å². The number of fused-ring (bicyclic) bond motifs is 1. The number of amides is 1. The topological polar surface area (TPSA) is 73.2 Å². The molecule has 0 bridgehead atoms. The van der Waals surface area contributed by atoms with Crippen LogP contribution in [0.5, 0.6) is 0 Å². The lowest BCUT2D eigenvalue weighted by Crippen LogP contribution is -2.32. The van der Waals surface area contributed by atoms with E-state index in [1.807, 2.05) is 12.1 Å². The van der Waals surface area contributed by atoms with Gasteiger partial charge in [-0.2, -0.15) is 0 Å². The number of thioether (sulfide) groups is 1. The zero-order valence-corrected chi connectivity index (χ0v) is 14.6. The molecule has 0 saturated carbocycles. The summed E-state index contributed by atoms with van der Waals surface area (Å²) in [5, 5.41) is 3.43. The fourth-order valence-electron chi connectivity index (χ4n) is 2.15. The zero-order valence-electron chi connectivity index (χ0n) is 13.8. The van der Waals surface area contributed by atoms with Gasteiger partial charge in [0.1, 0.15) is 0 Å². The molecular formula is C17H21N3O3S. The van der Waals surface area contributed by atoms with Gasteiger partial charge in [0.15, 0.2) is 5.16 Å². The molecule has 0 unspecified atom stereocenters. The first-order valence-corrected chi connectivity index (χ1v) is 8.50. The van der Waals surface area contributed by atoms with Crippen LogP contribution in [0.25, 0.3) is 10.9 Å². The van der Waals surface area contributed by atoms with Gasteiger partial charge in [-0.3, -0.25) is 14.2 Å². The lowest BCUT2D eigenvalue weighted by atomic mass is 10.2. The molecule has 2 aromatic rings. The number of hydrogen-bond acceptors (Lipinski definition) is 5. The van der Waals surface area contributed by atoms with Crippen LogP contribution in [-0.4, -0.2) is 41.0 Å². The molecule has 24 heavy (non-hydrogen) atoms. The average molecular weight is 347 g/mol. The van der Waals surface area contributed by atoms with E-state index in [0.29, 0.717) is 35.8 Å². The second kappa shape index (κ2) is 8.65. The molecule has 0 aliphatic heterocycles. The maximum Gasteiger partial charge on any atom is 0.262 e. The van der Waals surface area contributed by atoms with Crippen LogP contribution in [0.1, 0.15) is 6.92 Å². The number of carbonyl (C=O) groups is 1. The van der Waals surface area contributed by atoms with E-state index in [0.717, 1.165) is 0 Å². The number of hydrogen-bond donors (Lipinski definition) is 1. The molecule has 0 saturated heterocycles. The summed E-state index contributed by atoms with van der Waals surface area (Å²) in [6, 6.07) is 7.19. The van der Waals surface area contributed by atoms with Crippen molar-refractivity contribution >= 4 is 28.6 Å². The standard InChI is InChI=1S/C17H21N3O3S/c1-4-9-18-15(21)12(2)24-17-19-14-8-6-5-7-13(14)16(22)20(17)10-11-23-3/h4-8,12H,1,9-11H2,2-3H3,(H,18,21)/t12-/m0/s1. The Kier molecular flexibility index (Phi) is 6.57. The molecule has 0 aliphatic carbocycles. The van der Waals surface area contributed by atoms with Gasteiger partial charge in [0.25, 0.3) is 5.56 Å². The Bertz CT molecular complexity index is 788. The lowest BCUT2D eigenvalue weighted by Gasteiger charge is -2.15. The van der Waals surface area contributed by atoms with Crippen molar-refractivity contribution in [2.45, 2.75) is 23.9 Å². The number of benzene rings is 1. The van der Waals surface area contributed by atoms with E-state index in [1.165, 1.54) is 11.8 Å².